The van der Waals surface area contributed by atoms with Gasteiger partial charge in [0.1, 0.15) is 5.75 Å². The van der Waals surface area contributed by atoms with Crippen LogP contribution in [0, 0.1) is 0 Å². The van der Waals surface area contributed by atoms with Crippen LogP contribution in [0.25, 0.3) is 0 Å². The molecule has 2 aromatic rings. The Morgan fingerprint density at radius 1 is 1.17 bits per heavy atom. The topological polar surface area (TPSA) is 67.4 Å². The quantitative estimate of drug-likeness (QED) is 0.912. The molecule has 0 saturated carbocycles. The Kier molecular flexibility index (Phi) is 4.28. The van der Waals surface area contributed by atoms with Crippen LogP contribution in [-0.2, 0) is 16.0 Å². The van der Waals surface area contributed by atoms with E-state index >= 15 is 0 Å². The minimum absolute atomic E-state index is 0.0295. The average Bonchev–Trinajstić information content (AvgIpc) is 2.56. The Labute approximate surface area is 134 Å². The van der Waals surface area contributed by atoms with E-state index in [0.29, 0.717) is 11.4 Å². The van der Waals surface area contributed by atoms with Gasteiger partial charge >= 0.3 is 0 Å². The van der Waals surface area contributed by atoms with Crippen molar-refractivity contribution in [2.24, 2.45) is 0 Å². The third kappa shape index (κ3) is 3.34. The first kappa shape index (κ1) is 15.1. The van der Waals surface area contributed by atoms with E-state index in [1.54, 1.807) is 12.1 Å². The lowest BCUT2D eigenvalue weighted by Gasteiger charge is -2.25. The molecule has 2 aromatic carbocycles. The summed E-state index contributed by atoms with van der Waals surface area (Å²) in [6, 6.07) is 14.8. The standard InChI is InChI=1S/C18H18N2O3/c1-2-12-7-3-4-8-13(12)19-17(21)11-16-18(22)20-14-9-5-6-10-15(14)23-16/h3-10,16H,2,11H2,1H3,(H,19,21)(H,20,22)/t16-/m0/s1. The number of para-hydroxylation sites is 3. The van der Waals surface area contributed by atoms with Crippen molar-refractivity contribution in [2.45, 2.75) is 25.9 Å². The van der Waals surface area contributed by atoms with E-state index in [4.69, 9.17) is 4.74 Å². The number of carbonyl (C=O) groups is 2. The number of carbonyl (C=O) groups excluding carboxylic acids is 2. The van der Waals surface area contributed by atoms with Gasteiger partial charge in [-0.3, -0.25) is 9.59 Å². The van der Waals surface area contributed by atoms with E-state index in [1.165, 1.54) is 0 Å². The maximum atomic E-state index is 12.2. The van der Waals surface area contributed by atoms with Gasteiger partial charge in [0.05, 0.1) is 12.1 Å². The summed E-state index contributed by atoms with van der Waals surface area (Å²) in [5.74, 6) is 0.0342. The molecular formula is C18H18N2O3. The van der Waals surface area contributed by atoms with Crippen LogP contribution in [0.4, 0.5) is 11.4 Å². The lowest BCUT2D eigenvalue weighted by molar-refractivity contribution is -0.128. The minimum atomic E-state index is -0.821. The summed E-state index contributed by atoms with van der Waals surface area (Å²) in [6.07, 6.45) is -0.0266. The molecule has 0 aliphatic carbocycles. The number of hydrogen-bond donors (Lipinski definition) is 2. The van der Waals surface area contributed by atoms with E-state index in [-0.39, 0.29) is 18.2 Å². The molecule has 0 radical (unpaired) electrons. The van der Waals surface area contributed by atoms with Crippen LogP contribution < -0.4 is 15.4 Å². The van der Waals surface area contributed by atoms with Crippen LogP contribution in [0.1, 0.15) is 18.9 Å². The van der Waals surface area contributed by atoms with Crippen LogP contribution in [0.2, 0.25) is 0 Å². The Morgan fingerprint density at radius 3 is 2.74 bits per heavy atom. The van der Waals surface area contributed by atoms with Gasteiger partial charge in [0.25, 0.3) is 5.91 Å². The van der Waals surface area contributed by atoms with Crippen LogP contribution >= 0.6 is 0 Å². The fourth-order valence-corrected chi connectivity index (χ4v) is 2.55. The number of nitrogens with one attached hydrogen (secondary N) is 2. The lowest BCUT2D eigenvalue weighted by atomic mass is 10.1. The zero-order chi connectivity index (χ0) is 16.2. The van der Waals surface area contributed by atoms with Gasteiger partial charge in [0, 0.05) is 5.69 Å². The van der Waals surface area contributed by atoms with Crippen molar-refractivity contribution in [3.63, 3.8) is 0 Å². The molecule has 2 N–H and O–H groups in total. The molecule has 1 aliphatic heterocycles. The van der Waals surface area contributed by atoms with E-state index in [9.17, 15) is 9.59 Å². The SMILES string of the molecule is CCc1ccccc1NC(=O)C[C@@H]1Oc2ccccc2NC1=O. The average molecular weight is 310 g/mol. The molecule has 118 valence electrons. The summed E-state index contributed by atoms with van der Waals surface area (Å²) in [6.45, 7) is 2.03. The summed E-state index contributed by atoms with van der Waals surface area (Å²) in [5.41, 5.74) is 2.46. The Hall–Kier alpha value is -2.82. The van der Waals surface area contributed by atoms with Gasteiger partial charge in [-0.15, -0.1) is 0 Å². The lowest BCUT2D eigenvalue weighted by Crippen LogP contribution is -2.39. The van der Waals surface area contributed by atoms with E-state index in [1.807, 2.05) is 43.3 Å². The fourth-order valence-electron chi connectivity index (χ4n) is 2.55. The number of fused-ring (bicyclic) bond motifs is 1. The van der Waals surface area contributed by atoms with E-state index in [2.05, 4.69) is 10.6 Å². The molecule has 5 nitrogen and oxygen atoms in total. The Balaban J connectivity index is 1.68. The predicted octanol–water partition coefficient (Wildman–Crippen LogP) is 2.98. The van der Waals surface area contributed by atoms with Crippen molar-refractivity contribution in [1.82, 2.24) is 0 Å². The predicted molar refractivity (Wildman–Crippen MR) is 88.6 cm³/mol. The second kappa shape index (κ2) is 6.52. The van der Waals surface area contributed by atoms with Gasteiger partial charge in [-0.2, -0.15) is 0 Å². The molecular weight excluding hydrogens is 292 g/mol. The highest BCUT2D eigenvalue weighted by atomic mass is 16.5. The first-order chi connectivity index (χ1) is 11.2. The number of rotatable bonds is 4. The van der Waals surface area contributed by atoms with Crippen molar-refractivity contribution in [2.75, 3.05) is 10.6 Å². The normalized spacial score (nSPS) is 16.0. The molecule has 3 rings (SSSR count). The van der Waals surface area contributed by atoms with Crippen molar-refractivity contribution in [1.29, 1.82) is 0 Å². The number of benzene rings is 2. The molecule has 1 aliphatic rings. The molecule has 0 spiro atoms. The minimum Gasteiger partial charge on any atom is -0.478 e. The van der Waals surface area contributed by atoms with Gasteiger partial charge in [0.2, 0.25) is 5.91 Å². The second-order valence-corrected chi connectivity index (χ2v) is 5.35. The third-order valence-electron chi connectivity index (χ3n) is 3.75. The molecule has 0 aromatic heterocycles. The van der Waals surface area contributed by atoms with Crippen LogP contribution in [0.3, 0.4) is 0 Å². The number of anilines is 2. The van der Waals surface area contributed by atoms with Crippen molar-refractivity contribution >= 4 is 23.2 Å². The smallest absolute Gasteiger partial charge is 0.266 e. The number of hydrogen-bond acceptors (Lipinski definition) is 3. The summed E-state index contributed by atoms with van der Waals surface area (Å²) >= 11 is 0. The van der Waals surface area contributed by atoms with Crippen LogP contribution in [-0.4, -0.2) is 17.9 Å². The Bertz CT molecular complexity index is 743. The van der Waals surface area contributed by atoms with Crippen molar-refractivity contribution in [3.8, 4) is 5.75 Å². The maximum Gasteiger partial charge on any atom is 0.266 e. The maximum absolute atomic E-state index is 12.2. The molecule has 0 saturated heterocycles. The van der Waals surface area contributed by atoms with Crippen LogP contribution in [0.15, 0.2) is 48.5 Å². The Morgan fingerprint density at radius 2 is 1.91 bits per heavy atom. The summed E-state index contributed by atoms with van der Waals surface area (Å²) in [4.78, 5) is 24.3. The van der Waals surface area contributed by atoms with E-state index < -0.39 is 6.10 Å². The second-order valence-electron chi connectivity index (χ2n) is 5.35. The monoisotopic (exact) mass is 310 g/mol. The highest BCUT2D eigenvalue weighted by molar-refractivity contribution is 6.02. The number of ether oxygens (including phenoxy) is 1. The number of amides is 2. The third-order valence-corrected chi connectivity index (χ3v) is 3.75. The highest BCUT2D eigenvalue weighted by Gasteiger charge is 2.29. The van der Waals surface area contributed by atoms with Gasteiger partial charge in [-0.05, 0) is 30.2 Å². The number of aryl methyl sites for hydroxylation is 1. The highest BCUT2D eigenvalue weighted by Crippen LogP contribution is 2.29. The molecule has 23 heavy (non-hydrogen) atoms. The first-order valence-corrected chi connectivity index (χ1v) is 7.61. The summed E-state index contributed by atoms with van der Waals surface area (Å²) in [5, 5.41) is 5.61. The van der Waals surface area contributed by atoms with Gasteiger partial charge < -0.3 is 15.4 Å². The fraction of sp³-hybridized carbons (Fsp3) is 0.222. The largest absolute Gasteiger partial charge is 0.478 e. The zero-order valence-electron chi connectivity index (χ0n) is 12.8. The van der Waals surface area contributed by atoms with Crippen molar-refractivity contribution in [3.05, 3.63) is 54.1 Å². The molecule has 0 bridgehead atoms. The van der Waals surface area contributed by atoms with Gasteiger partial charge in [-0.1, -0.05) is 37.3 Å². The molecule has 1 heterocycles. The molecule has 0 unspecified atom stereocenters. The summed E-state index contributed by atoms with van der Waals surface area (Å²) in [7, 11) is 0. The van der Waals surface area contributed by atoms with Crippen LogP contribution in [0.5, 0.6) is 5.75 Å². The van der Waals surface area contributed by atoms with Gasteiger partial charge in [-0.25, -0.2) is 0 Å². The van der Waals surface area contributed by atoms with E-state index in [0.717, 1.165) is 17.7 Å². The zero-order valence-corrected chi connectivity index (χ0v) is 12.8. The molecule has 0 fully saturated rings. The first-order valence-electron chi connectivity index (χ1n) is 7.61. The summed E-state index contributed by atoms with van der Waals surface area (Å²) < 4.78 is 5.64. The molecule has 5 heteroatoms. The molecule has 1 atom stereocenters. The van der Waals surface area contributed by atoms with Crippen molar-refractivity contribution < 1.29 is 14.3 Å². The van der Waals surface area contributed by atoms with Gasteiger partial charge in [0.15, 0.2) is 6.10 Å². The molecule has 2 amide bonds.